The molecule has 0 atom stereocenters. The van der Waals surface area contributed by atoms with Crippen molar-refractivity contribution in [1.29, 1.82) is 0 Å². The maximum absolute atomic E-state index is 10.3. The molecule has 13 heavy (non-hydrogen) atoms. The van der Waals surface area contributed by atoms with Gasteiger partial charge < -0.3 is 16.2 Å². The van der Waals surface area contributed by atoms with Gasteiger partial charge in [0, 0.05) is 5.69 Å². The smallest absolute Gasteiger partial charge is 0.246 e. The zero-order valence-corrected chi connectivity index (χ0v) is 6.90. The minimum Gasteiger partial charge on any atom is -0.494 e. The van der Waals surface area contributed by atoms with Gasteiger partial charge in [0.05, 0.1) is 6.08 Å². The van der Waals surface area contributed by atoms with Crippen molar-refractivity contribution in [3.63, 3.8) is 0 Å². The van der Waals surface area contributed by atoms with Crippen molar-refractivity contribution in [2.75, 3.05) is 5.32 Å². The minimum absolute atomic E-state index is 0.265. The number of aliphatic hydroxyl groups is 1. The van der Waals surface area contributed by atoms with E-state index in [2.05, 4.69) is 5.32 Å². The summed E-state index contributed by atoms with van der Waals surface area (Å²) in [4.78, 5) is 10.3. The molecule has 0 fully saturated rings. The molecule has 0 aliphatic heterocycles. The van der Waals surface area contributed by atoms with Gasteiger partial charge in [-0.2, -0.15) is 0 Å². The van der Waals surface area contributed by atoms with Gasteiger partial charge >= 0.3 is 0 Å². The van der Waals surface area contributed by atoms with Crippen LogP contribution in [-0.2, 0) is 4.79 Å². The Balaban J connectivity index is 2.65. The first-order valence-corrected chi connectivity index (χ1v) is 3.70. The molecule has 0 heterocycles. The number of aliphatic hydroxyl groups excluding tert-OH is 1. The lowest BCUT2D eigenvalue weighted by atomic mass is 10.3. The third-order valence-corrected chi connectivity index (χ3v) is 1.33. The van der Waals surface area contributed by atoms with Gasteiger partial charge in [0.1, 0.15) is 0 Å². The summed E-state index contributed by atoms with van der Waals surface area (Å²) in [6, 6.07) is 8.97. The van der Waals surface area contributed by atoms with Gasteiger partial charge in [-0.1, -0.05) is 18.2 Å². The molecule has 4 N–H and O–H groups in total. The summed E-state index contributed by atoms with van der Waals surface area (Å²) in [5.74, 6) is -0.959. The quantitative estimate of drug-likeness (QED) is 0.477. The van der Waals surface area contributed by atoms with E-state index in [1.807, 2.05) is 6.07 Å². The van der Waals surface area contributed by atoms with Crippen molar-refractivity contribution in [3.8, 4) is 0 Å². The van der Waals surface area contributed by atoms with E-state index in [1.165, 1.54) is 0 Å². The van der Waals surface area contributed by atoms with Crippen molar-refractivity contribution in [2.24, 2.45) is 5.73 Å². The number of primary amides is 1. The number of hydrogen-bond donors (Lipinski definition) is 3. The molecular formula is C9H10N2O2. The molecule has 0 bridgehead atoms. The van der Waals surface area contributed by atoms with Gasteiger partial charge in [0.25, 0.3) is 0 Å². The SMILES string of the molecule is NC(=O)C=C(O)Nc1ccccc1. The molecule has 0 aliphatic carbocycles. The normalized spacial score (nSPS) is 10.9. The molecule has 1 rings (SSSR count). The van der Waals surface area contributed by atoms with E-state index >= 15 is 0 Å². The molecule has 1 aromatic rings. The molecule has 1 amide bonds. The summed E-state index contributed by atoms with van der Waals surface area (Å²) in [5.41, 5.74) is 5.52. The molecular weight excluding hydrogens is 168 g/mol. The molecule has 0 aliphatic rings. The topological polar surface area (TPSA) is 75.4 Å². The molecule has 1 aromatic carbocycles. The van der Waals surface area contributed by atoms with Crippen molar-refractivity contribution < 1.29 is 9.90 Å². The van der Waals surface area contributed by atoms with Crippen LogP contribution in [0.5, 0.6) is 0 Å². The highest BCUT2D eigenvalue weighted by Gasteiger charge is 1.95. The number of amides is 1. The Bertz CT molecular complexity index is 320. The standard InChI is InChI=1S/C9H10N2O2/c10-8(12)6-9(13)11-7-4-2-1-3-5-7/h1-6,11,13H,(H2,10,12). The number of rotatable bonds is 3. The van der Waals surface area contributed by atoms with E-state index in [0.717, 1.165) is 6.08 Å². The van der Waals surface area contributed by atoms with Gasteiger partial charge in [-0.15, -0.1) is 0 Å². The molecule has 0 spiro atoms. The Morgan fingerprint density at radius 1 is 1.38 bits per heavy atom. The lowest BCUT2D eigenvalue weighted by molar-refractivity contribution is -0.113. The zero-order valence-electron chi connectivity index (χ0n) is 6.90. The number of anilines is 1. The van der Waals surface area contributed by atoms with Crippen LogP contribution < -0.4 is 11.1 Å². The molecule has 4 heteroatoms. The second-order valence-electron chi connectivity index (χ2n) is 2.42. The van der Waals surface area contributed by atoms with E-state index in [1.54, 1.807) is 24.3 Å². The highest BCUT2D eigenvalue weighted by atomic mass is 16.3. The van der Waals surface area contributed by atoms with Crippen LogP contribution in [0.15, 0.2) is 42.3 Å². The van der Waals surface area contributed by atoms with E-state index < -0.39 is 5.91 Å². The third kappa shape index (κ3) is 3.29. The Kier molecular flexibility index (Phi) is 2.92. The summed E-state index contributed by atoms with van der Waals surface area (Å²) in [7, 11) is 0. The van der Waals surface area contributed by atoms with Gasteiger partial charge in [-0.3, -0.25) is 4.79 Å². The summed E-state index contributed by atoms with van der Waals surface area (Å²) < 4.78 is 0. The number of hydrogen-bond acceptors (Lipinski definition) is 3. The first-order valence-electron chi connectivity index (χ1n) is 3.70. The number of carbonyl (C=O) groups is 1. The van der Waals surface area contributed by atoms with E-state index in [-0.39, 0.29) is 5.88 Å². The fraction of sp³-hybridized carbons (Fsp3) is 0. The fourth-order valence-electron chi connectivity index (χ4n) is 0.840. The monoisotopic (exact) mass is 178 g/mol. The number of benzene rings is 1. The van der Waals surface area contributed by atoms with Crippen LogP contribution in [0, 0.1) is 0 Å². The van der Waals surface area contributed by atoms with Gasteiger partial charge in [0.2, 0.25) is 5.91 Å². The first kappa shape index (κ1) is 9.12. The lowest BCUT2D eigenvalue weighted by Gasteiger charge is -2.02. The zero-order chi connectivity index (χ0) is 9.68. The predicted molar refractivity (Wildman–Crippen MR) is 50.0 cm³/mol. The van der Waals surface area contributed by atoms with Gasteiger partial charge in [0.15, 0.2) is 5.88 Å². The Labute approximate surface area is 75.7 Å². The van der Waals surface area contributed by atoms with E-state index in [4.69, 9.17) is 10.8 Å². The maximum atomic E-state index is 10.3. The van der Waals surface area contributed by atoms with Crippen molar-refractivity contribution in [1.82, 2.24) is 0 Å². The number of nitrogens with two attached hydrogens (primary N) is 1. The molecule has 4 nitrogen and oxygen atoms in total. The van der Waals surface area contributed by atoms with Crippen LogP contribution in [-0.4, -0.2) is 11.0 Å². The van der Waals surface area contributed by atoms with E-state index in [9.17, 15) is 4.79 Å². The third-order valence-electron chi connectivity index (χ3n) is 1.33. The van der Waals surface area contributed by atoms with Crippen molar-refractivity contribution >= 4 is 11.6 Å². The minimum atomic E-state index is -0.694. The van der Waals surface area contributed by atoms with Crippen LogP contribution in [0.1, 0.15) is 0 Å². The lowest BCUT2D eigenvalue weighted by Crippen LogP contribution is -2.10. The molecule has 0 unspecified atom stereocenters. The molecule has 0 aromatic heterocycles. The second kappa shape index (κ2) is 4.15. The predicted octanol–water partition coefficient (Wildman–Crippen LogP) is 0.983. The maximum Gasteiger partial charge on any atom is 0.246 e. The number of para-hydroxylation sites is 1. The summed E-state index contributed by atoms with van der Waals surface area (Å²) in [6.45, 7) is 0. The van der Waals surface area contributed by atoms with Gasteiger partial charge in [-0.25, -0.2) is 0 Å². The largest absolute Gasteiger partial charge is 0.494 e. The first-order chi connectivity index (χ1) is 6.18. The van der Waals surface area contributed by atoms with Crippen LogP contribution in [0.25, 0.3) is 0 Å². The summed E-state index contributed by atoms with van der Waals surface area (Å²) in [5, 5.41) is 11.7. The Morgan fingerprint density at radius 2 is 2.00 bits per heavy atom. The van der Waals surface area contributed by atoms with Gasteiger partial charge in [-0.05, 0) is 12.1 Å². The highest BCUT2D eigenvalue weighted by molar-refractivity contribution is 5.86. The molecule has 0 saturated carbocycles. The Morgan fingerprint density at radius 3 is 2.54 bits per heavy atom. The van der Waals surface area contributed by atoms with Crippen LogP contribution in [0.4, 0.5) is 5.69 Å². The van der Waals surface area contributed by atoms with Crippen LogP contribution in [0.3, 0.4) is 0 Å². The van der Waals surface area contributed by atoms with Crippen LogP contribution >= 0.6 is 0 Å². The molecule has 68 valence electrons. The van der Waals surface area contributed by atoms with Crippen molar-refractivity contribution in [2.45, 2.75) is 0 Å². The summed E-state index contributed by atoms with van der Waals surface area (Å²) >= 11 is 0. The van der Waals surface area contributed by atoms with Crippen LogP contribution in [0.2, 0.25) is 0 Å². The Hall–Kier alpha value is -1.97. The molecule has 0 radical (unpaired) electrons. The average Bonchev–Trinajstić information content (AvgIpc) is 2.04. The van der Waals surface area contributed by atoms with Crippen molar-refractivity contribution in [3.05, 3.63) is 42.3 Å². The number of carbonyl (C=O) groups excluding carboxylic acids is 1. The summed E-state index contributed by atoms with van der Waals surface area (Å²) in [6.07, 6.45) is 0.910. The number of nitrogens with one attached hydrogen (secondary N) is 1. The average molecular weight is 178 g/mol. The fourth-order valence-corrected chi connectivity index (χ4v) is 0.840. The van der Waals surface area contributed by atoms with E-state index in [0.29, 0.717) is 5.69 Å². The second-order valence-corrected chi connectivity index (χ2v) is 2.42. The highest BCUT2D eigenvalue weighted by Crippen LogP contribution is 2.06. The molecule has 0 saturated heterocycles.